The van der Waals surface area contributed by atoms with Gasteiger partial charge < -0.3 is 15.0 Å². The first-order valence-electron chi connectivity index (χ1n) is 10.5. The van der Waals surface area contributed by atoms with E-state index in [-0.39, 0.29) is 18.6 Å². The molecule has 0 saturated heterocycles. The summed E-state index contributed by atoms with van der Waals surface area (Å²) in [6, 6.07) is 10.7. The molecular weight excluding hydrogens is 392 g/mol. The summed E-state index contributed by atoms with van der Waals surface area (Å²) in [6.07, 6.45) is 7.22. The summed E-state index contributed by atoms with van der Waals surface area (Å²) in [5, 5.41) is 21.2. The Morgan fingerprint density at radius 1 is 1.19 bits per heavy atom. The molecule has 8 nitrogen and oxygen atoms in total. The standard InChI is InChI=1S/C23H24N6O2/c1-2-28-11-17(12-29-13-20(14-30)26-27-29)22(31)21-9-19(10-24-23(21)28)25-18-7-15-5-3-4-6-16(15)8-18/h3-6,9-11,13,18,25,30H,2,7-8,12,14H2,1H3. The number of pyridine rings is 2. The Morgan fingerprint density at radius 3 is 2.65 bits per heavy atom. The molecule has 0 fully saturated rings. The molecule has 1 aliphatic rings. The molecule has 0 bridgehead atoms. The fourth-order valence-electron chi connectivity index (χ4n) is 4.33. The maximum atomic E-state index is 13.3. The number of aliphatic hydroxyl groups excluding tert-OH is 1. The van der Waals surface area contributed by atoms with Gasteiger partial charge in [-0.3, -0.25) is 4.79 Å². The van der Waals surface area contributed by atoms with Crippen molar-refractivity contribution in [2.75, 3.05) is 5.32 Å². The van der Waals surface area contributed by atoms with Crippen LogP contribution in [0.3, 0.4) is 0 Å². The van der Waals surface area contributed by atoms with Crippen LogP contribution in [0, 0.1) is 0 Å². The third-order valence-electron chi connectivity index (χ3n) is 5.83. The van der Waals surface area contributed by atoms with Crippen LogP contribution in [0.5, 0.6) is 0 Å². The Labute approximate surface area is 179 Å². The Morgan fingerprint density at radius 2 is 1.97 bits per heavy atom. The van der Waals surface area contributed by atoms with Crippen LogP contribution in [-0.2, 0) is 32.5 Å². The van der Waals surface area contributed by atoms with Crippen LogP contribution in [-0.4, -0.2) is 35.7 Å². The topological polar surface area (TPSA) is 97.9 Å². The van der Waals surface area contributed by atoms with E-state index in [1.165, 1.54) is 11.1 Å². The van der Waals surface area contributed by atoms with E-state index >= 15 is 0 Å². The first-order valence-corrected chi connectivity index (χ1v) is 10.5. The number of aryl methyl sites for hydroxylation is 1. The van der Waals surface area contributed by atoms with Crippen molar-refractivity contribution in [2.45, 2.75) is 45.5 Å². The van der Waals surface area contributed by atoms with E-state index in [0.717, 1.165) is 18.5 Å². The predicted octanol–water partition coefficient (Wildman–Crippen LogP) is 2.13. The van der Waals surface area contributed by atoms with Crippen molar-refractivity contribution in [3.8, 4) is 0 Å². The lowest BCUT2D eigenvalue weighted by Crippen LogP contribution is -2.21. The molecule has 0 saturated carbocycles. The van der Waals surface area contributed by atoms with Crippen molar-refractivity contribution >= 4 is 16.7 Å². The second-order valence-corrected chi connectivity index (χ2v) is 7.95. The largest absolute Gasteiger partial charge is 0.390 e. The number of rotatable bonds is 6. The molecule has 0 amide bonds. The molecule has 8 heteroatoms. The maximum absolute atomic E-state index is 13.3. The van der Waals surface area contributed by atoms with Crippen LogP contribution in [0.2, 0.25) is 0 Å². The van der Waals surface area contributed by atoms with E-state index in [4.69, 9.17) is 0 Å². The lowest BCUT2D eigenvalue weighted by Gasteiger charge is -2.15. The summed E-state index contributed by atoms with van der Waals surface area (Å²) in [5.41, 5.74) is 5.29. The molecule has 1 aromatic carbocycles. The quantitative estimate of drug-likeness (QED) is 0.500. The highest BCUT2D eigenvalue weighted by molar-refractivity contribution is 5.79. The van der Waals surface area contributed by atoms with Crippen molar-refractivity contribution in [2.24, 2.45) is 0 Å². The zero-order valence-electron chi connectivity index (χ0n) is 17.3. The van der Waals surface area contributed by atoms with Crippen LogP contribution in [0.1, 0.15) is 29.3 Å². The van der Waals surface area contributed by atoms with Gasteiger partial charge in [0.05, 0.1) is 36.6 Å². The van der Waals surface area contributed by atoms with Gasteiger partial charge >= 0.3 is 0 Å². The first-order chi connectivity index (χ1) is 15.1. The van der Waals surface area contributed by atoms with E-state index in [1.54, 1.807) is 10.9 Å². The zero-order valence-corrected chi connectivity index (χ0v) is 17.3. The SMILES string of the molecule is CCn1cc(Cn2cc(CO)nn2)c(=O)c2cc(NC3Cc4ccccc4C3)cnc21. The molecule has 0 aliphatic heterocycles. The van der Waals surface area contributed by atoms with Crippen LogP contribution >= 0.6 is 0 Å². The summed E-state index contributed by atoms with van der Waals surface area (Å²) >= 11 is 0. The van der Waals surface area contributed by atoms with Crippen LogP contribution in [0.15, 0.2) is 53.7 Å². The van der Waals surface area contributed by atoms with Crippen molar-refractivity contribution in [3.05, 3.63) is 81.5 Å². The molecule has 5 rings (SSSR count). The summed E-state index contributed by atoms with van der Waals surface area (Å²) in [5.74, 6) is 0. The van der Waals surface area contributed by atoms with Crippen molar-refractivity contribution in [3.63, 3.8) is 0 Å². The second-order valence-electron chi connectivity index (χ2n) is 7.95. The molecule has 0 unspecified atom stereocenters. The molecule has 1 aliphatic carbocycles. The highest BCUT2D eigenvalue weighted by atomic mass is 16.3. The number of nitrogens with one attached hydrogen (secondary N) is 1. The Kier molecular flexibility index (Phi) is 4.99. The van der Waals surface area contributed by atoms with Gasteiger partial charge in [0.15, 0.2) is 5.43 Å². The molecule has 3 aromatic heterocycles. The van der Waals surface area contributed by atoms with Crippen LogP contribution in [0.25, 0.3) is 11.0 Å². The lowest BCUT2D eigenvalue weighted by atomic mass is 10.1. The van der Waals surface area contributed by atoms with Crippen LogP contribution < -0.4 is 10.7 Å². The molecule has 158 valence electrons. The number of aromatic nitrogens is 5. The van der Waals surface area contributed by atoms with Gasteiger partial charge in [0.2, 0.25) is 0 Å². The smallest absolute Gasteiger partial charge is 0.196 e. The molecule has 31 heavy (non-hydrogen) atoms. The Balaban J connectivity index is 1.47. The number of benzene rings is 1. The Hall–Kier alpha value is -3.52. The monoisotopic (exact) mass is 416 g/mol. The minimum Gasteiger partial charge on any atom is -0.390 e. The van der Waals surface area contributed by atoms with E-state index in [1.807, 2.05) is 30.0 Å². The molecular formula is C23H24N6O2. The predicted molar refractivity (Wildman–Crippen MR) is 118 cm³/mol. The zero-order chi connectivity index (χ0) is 21.4. The fraction of sp³-hybridized carbons (Fsp3) is 0.304. The minimum atomic E-state index is -0.180. The average molecular weight is 416 g/mol. The molecule has 0 spiro atoms. The van der Waals surface area contributed by atoms with Gasteiger partial charge in [-0.05, 0) is 37.0 Å². The molecule has 3 heterocycles. The highest BCUT2D eigenvalue weighted by Crippen LogP contribution is 2.25. The van der Waals surface area contributed by atoms with E-state index in [9.17, 15) is 9.90 Å². The van der Waals surface area contributed by atoms with Gasteiger partial charge in [0, 0.05) is 24.3 Å². The summed E-state index contributed by atoms with van der Waals surface area (Å²) in [7, 11) is 0. The van der Waals surface area contributed by atoms with Gasteiger partial charge in [-0.2, -0.15) is 0 Å². The molecule has 4 aromatic rings. The van der Waals surface area contributed by atoms with Crippen LogP contribution in [0.4, 0.5) is 5.69 Å². The first kappa shape index (κ1) is 19.4. The summed E-state index contributed by atoms with van der Waals surface area (Å²) in [6.45, 7) is 2.83. The van der Waals surface area contributed by atoms with Gasteiger partial charge in [0.25, 0.3) is 0 Å². The van der Waals surface area contributed by atoms with Crippen molar-refractivity contribution in [1.29, 1.82) is 0 Å². The number of aliphatic hydroxyl groups is 1. The average Bonchev–Trinajstić information content (AvgIpc) is 3.41. The number of fused-ring (bicyclic) bond motifs is 2. The second kappa shape index (κ2) is 7.96. The van der Waals surface area contributed by atoms with E-state index in [0.29, 0.717) is 34.9 Å². The number of nitrogens with zero attached hydrogens (tertiary/aromatic N) is 5. The minimum absolute atomic E-state index is 0.0633. The summed E-state index contributed by atoms with van der Waals surface area (Å²) < 4.78 is 3.55. The molecule has 0 radical (unpaired) electrons. The number of hydrogen-bond acceptors (Lipinski definition) is 6. The summed E-state index contributed by atoms with van der Waals surface area (Å²) in [4.78, 5) is 17.9. The van der Waals surface area contributed by atoms with E-state index in [2.05, 4.69) is 44.9 Å². The number of hydrogen-bond donors (Lipinski definition) is 2. The number of anilines is 1. The van der Waals surface area contributed by atoms with Gasteiger partial charge in [0.1, 0.15) is 11.3 Å². The Bertz CT molecular complexity index is 1280. The maximum Gasteiger partial charge on any atom is 0.196 e. The van der Waals surface area contributed by atoms with Crippen molar-refractivity contribution < 1.29 is 5.11 Å². The third-order valence-corrected chi connectivity index (χ3v) is 5.83. The third kappa shape index (κ3) is 3.70. The lowest BCUT2D eigenvalue weighted by molar-refractivity contribution is 0.276. The van der Waals surface area contributed by atoms with Gasteiger partial charge in [-0.1, -0.05) is 29.5 Å². The molecule has 2 N–H and O–H groups in total. The van der Waals surface area contributed by atoms with Gasteiger partial charge in [-0.25, -0.2) is 9.67 Å². The fourth-order valence-corrected chi connectivity index (χ4v) is 4.33. The van der Waals surface area contributed by atoms with E-state index < -0.39 is 0 Å². The molecule has 0 atom stereocenters. The normalized spacial score (nSPS) is 13.6. The highest BCUT2D eigenvalue weighted by Gasteiger charge is 2.21. The van der Waals surface area contributed by atoms with Crippen molar-refractivity contribution in [1.82, 2.24) is 24.5 Å². The van der Waals surface area contributed by atoms with Gasteiger partial charge in [-0.15, -0.1) is 5.10 Å².